The molecule has 2 N–H and O–H groups in total. The molecule has 5 nitrogen and oxygen atoms in total. The maximum Gasteiger partial charge on any atom is 0.318 e. The predicted molar refractivity (Wildman–Crippen MR) is 69.5 cm³/mol. The number of hydrogen-bond acceptors (Lipinski definition) is 2. The number of rotatable bonds is 3. The van der Waals surface area contributed by atoms with Gasteiger partial charge in [-0.25, -0.2) is 4.79 Å². The number of carboxylic acid groups (broad SMARTS) is 1. The maximum atomic E-state index is 12.2. The molecule has 2 unspecified atom stereocenters. The van der Waals surface area contributed by atoms with Crippen molar-refractivity contribution in [3.05, 3.63) is 0 Å². The van der Waals surface area contributed by atoms with E-state index in [0.29, 0.717) is 0 Å². The van der Waals surface area contributed by atoms with Crippen molar-refractivity contribution in [3.63, 3.8) is 0 Å². The van der Waals surface area contributed by atoms with Crippen LogP contribution < -0.4 is 5.32 Å². The lowest BCUT2D eigenvalue weighted by molar-refractivity contribution is -0.138. The summed E-state index contributed by atoms with van der Waals surface area (Å²) in [6.07, 6.45) is 3.09. The van der Waals surface area contributed by atoms with Gasteiger partial charge in [0.25, 0.3) is 0 Å². The molecule has 1 fully saturated rings. The van der Waals surface area contributed by atoms with Crippen LogP contribution in [0.1, 0.15) is 53.4 Å². The van der Waals surface area contributed by atoms with Gasteiger partial charge < -0.3 is 15.3 Å². The monoisotopic (exact) mass is 256 g/mol. The number of carbonyl (C=O) groups excluding carboxylic acids is 1. The largest absolute Gasteiger partial charge is 0.481 e. The minimum atomic E-state index is -0.903. The highest BCUT2D eigenvalue weighted by molar-refractivity contribution is 5.77. The average Bonchev–Trinajstić information content (AvgIpc) is 2.13. The first-order valence-corrected chi connectivity index (χ1v) is 6.55. The van der Waals surface area contributed by atoms with E-state index in [1.807, 2.05) is 18.7 Å². The van der Waals surface area contributed by atoms with Crippen LogP contribution in [0.4, 0.5) is 4.79 Å². The van der Waals surface area contributed by atoms with Gasteiger partial charge in [-0.05, 0) is 47.0 Å². The Morgan fingerprint density at radius 1 is 1.28 bits per heavy atom. The van der Waals surface area contributed by atoms with E-state index in [4.69, 9.17) is 5.11 Å². The van der Waals surface area contributed by atoms with Crippen molar-refractivity contribution in [3.8, 4) is 0 Å². The first kappa shape index (κ1) is 14.8. The van der Waals surface area contributed by atoms with E-state index in [1.165, 1.54) is 0 Å². The van der Waals surface area contributed by atoms with Crippen LogP contribution in [0.25, 0.3) is 0 Å². The van der Waals surface area contributed by atoms with Crippen molar-refractivity contribution in [2.24, 2.45) is 0 Å². The fraction of sp³-hybridized carbons (Fsp3) is 0.846. The molecule has 18 heavy (non-hydrogen) atoms. The Labute approximate surface area is 109 Å². The zero-order valence-corrected chi connectivity index (χ0v) is 11.7. The molecule has 0 spiro atoms. The number of piperidine rings is 1. The molecule has 1 saturated heterocycles. The van der Waals surface area contributed by atoms with Crippen LogP contribution in [0.3, 0.4) is 0 Å². The summed E-state index contributed by atoms with van der Waals surface area (Å²) in [5.74, 6) is -0.903. The van der Waals surface area contributed by atoms with Gasteiger partial charge in [-0.15, -0.1) is 0 Å². The second-order valence-corrected chi connectivity index (χ2v) is 5.92. The van der Waals surface area contributed by atoms with E-state index in [9.17, 15) is 9.59 Å². The summed E-state index contributed by atoms with van der Waals surface area (Å²) in [4.78, 5) is 24.8. The minimum Gasteiger partial charge on any atom is -0.481 e. The third kappa shape index (κ3) is 3.89. The Morgan fingerprint density at radius 2 is 1.78 bits per heavy atom. The SMILES string of the molecule is CC1CCCC(C)N1C(=O)NC(C)(C)CC(=O)O. The van der Waals surface area contributed by atoms with Gasteiger partial charge in [0.1, 0.15) is 0 Å². The van der Waals surface area contributed by atoms with Crippen molar-refractivity contribution in [1.29, 1.82) is 0 Å². The number of amides is 2. The molecule has 2 amide bonds. The van der Waals surface area contributed by atoms with Gasteiger partial charge in [-0.2, -0.15) is 0 Å². The van der Waals surface area contributed by atoms with Gasteiger partial charge in [0, 0.05) is 17.6 Å². The number of nitrogens with one attached hydrogen (secondary N) is 1. The molecule has 0 saturated carbocycles. The lowest BCUT2D eigenvalue weighted by Gasteiger charge is -2.40. The van der Waals surface area contributed by atoms with Crippen molar-refractivity contribution < 1.29 is 14.7 Å². The molecule has 1 heterocycles. The lowest BCUT2D eigenvalue weighted by Crippen LogP contribution is -2.56. The van der Waals surface area contributed by atoms with Gasteiger partial charge >= 0.3 is 12.0 Å². The van der Waals surface area contributed by atoms with Crippen LogP contribution in [0, 0.1) is 0 Å². The van der Waals surface area contributed by atoms with Crippen molar-refractivity contribution in [1.82, 2.24) is 10.2 Å². The van der Waals surface area contributed by atoms with Crippen LogP contribution in [0.2, 0.25) is 0 Å². The van der Waals surface area contributed by atoms with Crippen LogP contribution in [0.5, 0.6) is 0 Å². The molecule has 0 aliphatic carbocycles. The highest BCUT2D eigenvalue weighted by atomic mass is 16.4. The zero-order chi connectivity index (χ0) is 13.9. The Bertz CT molecular complexity index is 318. The van der Waals surface area contributed by atoms with E-state index in [0.717, 1.165) is 19.3 Å². The third-order valence-electron chi connectivity index (χ3n) is 3.47. The molecule has 2 atom stereocenters. The van der Waals surface area contributed by atoms with Crippen LogP contribution in [0.15, 0.2) is 0 Å². The molecule has 1 aliphatic rings. The summed E-state index contributed by atoms with van der Waals surface area (Å²) in [5.41, 5.74) is -0.722. The summed E-state index contributed by atoms with van der Waals surface area (Å²) in [7, 11) is 0. The number of urea groups is 1. The summed E-state index contributed by atoms with van der Waals surface area (Å²) in [6.45, 7) is 7.55. The van der Waals surface area contributed by atoms with Gasteiger partial charge in [0.15, 0.2) is 0 Å². The number of hydrogen-bond donors (Lipinski definition) is 2. The number of carboxylic acids is 1. The number of carbonyl (C=O) groups is 2. The van der Waals surface area contributed by atoms with Gasteiger partial charge in [0.05, 0.1) is 6.42 Å². The molecular weight excluding hydrogens is 232 g/mol. The molecule has 1 rings (SSSR count). The summed E-state index contributed by atoms with van der Waals surface area (Å²) >= 11 is 0. The van der Waals surface area contributed by atoms with Gasteiger partial charge in [-0.1, -0.05) is 0 Å². The lowest BCUT2D eigenvalue weighted by atomic mass is 9.97. The quantitative estimate of drug-likeness (QED) is 0.813. The van der Waals surface area contributed by atoms with Crippen molar-refractivity contribution in [2.45, 2.75) is 71.0 Å². The Morgan fingerprint density at radius 3 is 2.22 bits per heavy atom. The summed E-state index contributed by atoms with van der Waals surface area (Å²) in [6, 6.07) is 0.282. The molecule has 5 heteroatoms. The first-order chi connectivity index (χ1) is 8.23. The van der Waals surface area contributed by atoms with Crippen LogP contribution in [-0.4, -0.2) is 39.6 Å². The number of likely N-dealkylation sites (tertiary alicyclic amines) is 1. The number of nitrogens with zero attached hydrogens (tertiary/aromatic N) is 1. The molecule has 104 valence electrons. The third-order valence-corrected chi connectivity index (χ3v) is 3.47. The van der Waals surface area contributed by atoms with E-state index in [-0.39, 0.29) is 24.5 Å². The number of aliphatic carboxylic acids is 1. The first-order valence-electron chi connectivity index (χ1n) is 6.55. The summed E-state index contributed by atoms with van der Waals surface area (Å²) < 4.78 is 0. The molecule has 0 radical (unpaired) electrons. The topological polar surface area (TPSA) is 69.6 Å². The fourth-order valence-electron chi connectivity index (χ4n) is 2.60. The Kier molecular flexibility index (Phi) is 4.59. The van der Waals surface area contributed by atoms with Crippen molar-refractivity contribution >= 4 is 12.0 Å². The molecule has 0 aromatic heterocycles. The smallest absolute Gasteiger partial charge is 0.318 e. The maximum absolute atomic E-state index is 12.2. The highest BCUT2D eigenvalue weighted by Crippen LogP contribution is 2.23. The minimum absolute atomic E-state index is 0.0741. The second kappa shape index (κ2) is 5.59. The van der Waals surface area contributed by atoms with E-state index in [2.05, 4.69) is 5.32 Å². The normalized spacial score (nSPS) is 24.8. The molecule has 1 aliphatic heterocycles. The molecule has 0 aromatic rings. The Balaban J connectivity index is 2.66. The van der Waals surface area contributed by atoms with Crippen LogP contribution in [-0.2, 0) is 4.79 Å². The average molecular weight is 256 g/mol. The molecule has 0 aromatic carbocycles. The van der Waals surface area contributed by atoms with E-state index >= 15 is 0 Å². The van der Waals surface area contributed by atoms with E-state index < -0.39 is 11.5 Å². The predicted octanol–water partition coefficient (Wildman–Crippen LogP) is 2.21. The molecule has 0 bridgehead atoms. The molecular formula is C13H24N2O3. The van der Waals surface area contributed by atoms with E-state index in [1.54, 1.807) is 13.8 Å². The Hall–Kier alpha value is -1.26. The van der Waals surface area contributed by atoms with Gasteiger partial charge in [-0.3, -0.25) is 4.79 Å². The zero-order valence-electron chi connectivity index (χ0n) is 11.7. The second-order valence-electron chi connectivity index (χ2n) is 5.92. The van der Waals surface area contributed by atoms with Gasteiger partial charge in [0.2, 0.25) is 0 Å². The standard InChI is InChI=1S/C13H24N2O3/c1-9-6-5-7-10(2)15(9)12(18)14-13(3,4)8-11(16)17/h9-10H,5-8H2,1-4H3,(H,14,18)(H,16,17). The van der Waals surface area contributed by atoms with Crippen LogP contribution >= 0.6 is 0 Å². The highest BCUT2D eigenvalue weighted by Gasteiger charge is 2.32. The van der Waals surface area contributed by atoms with Crippen molar-refractivity contribution in [2.75, 3.05) is 0 Å². The summed E-state index contributed by atoms with van der Waals surface area (Å²) in [5, 5.41) is 11.6. The fourth-order valence-corrected chi connectivity index (χ4v) is 2.60.